The lowest BCUT2D eigenvalue weighted by atomic mass is 10.1. The normalized spacial score (nSPS) is 31.2. The van der Waals surface area contributed by atoms with E-state index in [0.717, 1.165) is 18.6 Å². The molecule has 6 heterocycles. The minimum absolute atomic E-state index is 0.0289. The number of esters is 1. The number of nitrogens with one attached hydrogen (secondary N) is 1. The number of nitrogens with two attached hydrogens (primary N) is 1. The molecule has 21 nitrogen and oxygen atoms in total. The number of carbonyl (C=O) groups excluding carboxylic acids is 1. The first-order chi connectivity index (χ1) is 28.2. The number of hydrogen-bond donors (Lipinski definition) is 4. The van der Waals surface area contributed by atoms with Gasteiger partial charge < -0.3 is 29.9 Å². The summed E-state index contributed by atoms with van der Waals surface area (Å²) in [6.07, 6.45) is -11.9. The number of aromatic nitrogens is 6. The van der Waals surface area contributed by atoms with E-state index in [1.54, 1.807) is 0 Å². The molecule has 0 saturated carbocycles. The van der Waals surface area contributed by atoms with Crippen LogP contribution in [-0.2, 0) is 42.5 Å². The van der Waals surface area contributed by atoms with Gasteiger partial charge in [0.05, 0.1) is 25.1 Å². The lowest BCUT2D eigenvalue weighted by Gasteiger charge is -2.27. The number of phosphoric acid groups is 1. The first kappa shape index (κ1) is 40.9. The third-order valence-electron chi connectivity index (χ3n) is 9.25. The van der Waals surface area contributed by atoms with Crippen LogP contribution in [0.1, 0.15) is 28.4 Å². The molecule has 2 bridgehead atoms. The molecule has 3 aliphatic heterocycles. The maximum absolute atomic E-state index is 16.4. The average Bonchev–Trinajstić information content (AvgIpc) is 3.86. The molecule has 3 fully saturated rings. The molecule has 2 unspecified atom stereocenters. The number of rotatable bonds is 7. The zero-order valence-corrected chi connectivity index (χ0v) is 32.4. The van der Waals surface area contributed by atoms with Crippen LogP contribution < -0.4 is 21.7 Å². The number of nitrogen functional groups attached to an aromatic ring is 1. The maximum Gasteiger partial charge on any atom is 0.472 e. The Kier molecular flexibility index (Phi) is 11.3. The molecular weight excluding hydrogens is 850 g/mol. The molecule has 0 radical (unpaired) electrons. The average molecular weight is 882 g/mol. The van der Waals surface area contributed by atoms with Gasteiger partial charge in [0.25, 0.3) is 5.56 Å². The summed E-state index contributed by atoms with van der Waals surface area (Å²) in [5.41, 5.74) is 4.84. The van der Waals surface area contributed by atoms with Gasteiger partial charge in [-0.25, -0.2) is 42.5 Å². The molecular formula is C33H31F2N7O14P2S. The van der Waals surface area contributed by atoms with Crippen molar-refractivity contribution in [2.24, 2.45) is 0 Å². The molecule has 0 aliphatic carbocycles. The molecule has 5 aromatic rings. The van der Waals surface area contributed by atoms with E-state index >= 15 is 8.78 Å². The smallest absolute Gasteiger partial charge is 0.472 e. The number of phenols is 1. The summed E-state index contributed by atoms with van der Waals surface area (Å²) in [5, 5.41) is 9.49. The van der Waals surface area contributed by atoms with E-state index in [2.05, 4.69) is 15.0 Å². The fraction of sp³-hybridized carbons (Fsp3) is 0.333. The molecule has 10 atom stereocenters. The molecule has 0 amide bonds. The van der Waals surface area contributed by atoms with Crippen molar-refractivity contribution >= 4 is 49.0 Å². The number of H-pyrrole nitrogens is 1. The van der Waals surface area contributed by atoms with Crippen LogP contribution in [-0.4, -0.2) is 95.0 Å². The highest BCUT2D eigenvalue weighted by Gasteiger charge is 2.55. The van der Waals surface area contributed by atoms with Crippen molar-refractivity contribution in [3.63, 3.8) is 0 Å². The van der Waals surface area contributed by atoms with E-state index in [-0.39, 0.29) is 39.8 Å². The molecule has 59 heavy (non-hydrogen) atoms. The standard InChI is InChI=1S/C33H31F2N7O14P2S/c34-23-20-11-51-58(49,59-13-16-1-7-19(8-2-16)52-32(45)17-3-5-18(43)6-4-17)56-26-21(54-30(24(26)35)41-10-9-22(44)40-33(41)46)12-50-57(47,48)55-27(23)31(53-20)42-15-39-25-28(36)37-14-38-29(25)42/h1-10,14-15,20-21,23-24,26-27,30-31,43H,11-13H2,(H,47,48)(H2,36,37,38)(H,40,44,46)/t20-,21-,23-,24-,26?,27-,30-,31-,58-/m1/s1. The molecule has 0 spiro atoms. The Morgan fingerprint density at radius 2 is 1.64 bits per heavy atom. The molecule has 8 rings (SSSR count). The number of fused-ring (bicyclic) bond motifs is 4. The Hall–Kier alpha value is -4.87. The Bertz CT molecular complexity index is 2590. The third kappa shape index (κ3) is 8.59. The first-order valence-corrected chi connectivity index (χ1v) is 22.0. The van der Waals surface area contributed by atoms with Crippen LogP contribution in [0.5, 0.6) is 11.5 Å². The van der Waals surface area contributed by atoms with E-state index in [9.17, 15) is 33.5 Å². The number of alkyl halides is 2. The van der Waals surface area contributed by atoms with Gasteiger partial charge in [0, 0.05) is 18.0 Å². The summed E-state index contributed by atoms with van der Waals surface area (Å²) in [7, 11) is -5.28. The second kappa shape index (κ2) is 16.3. The fourth-order valence-corrected chi connectivity index (χ4v) is 10.7. The number of ether oxygens (including phenoxy) is 3. The highest BCUT2D eigenvalue weighted by atomic mass is 32.7. The highest BCUT2D eigenvalue weighted by molar-refractivity contribution is 8.54. The van der Waals surface area contributed by atoms with E-state index in [4.69, 9.17) is 38.0 Å². The van der Waals surface area contributed by atoms with Gasteiger partial charge in [0.15, 0.2) is 36.3 Å². The monoisotopic (exact) mass is 881 g/mol. The molecule has 312 valence electrons. The van der Waals surface area contributed by atoms with E-state index in [1.807, 2.05) is 4.98 Å². The Morgan fingerprint density at radius 3 is 2.39 bits per heavy atom. The number of halogens is 2. The van der Waals surface area contributed by atoms with Crippen molar-refractivity contribution < 1.29 is 65.0 Å². The van der Waals surface area contributed by atoms with Crippen LogP contribution in [0.2, 0.25) is 0 Å². The topological polar surface area (TPSA) is 281 Å². The molecule has 2 aromatic carbocycles. The lowest BCUT2D eigenvalue weighted by molar-refractivity contribution is -0.0640. The maximum atomic E-state index is 16.4. The highest BCUT2D eigenvalue weighted by Crippen LogP contribution is 2.64. The number of aromatic amines is 1. The number of imidazole rings is 1. The van der Waals surface area contributed by atoms with Crippen LogP contribution in [0.3, 0.4) is 0 Å². The van der Waals surface area contributed by atoms with Gasteiger partial charge in [-0.2, -0.15) is 0 Å². The fourth-order valence-electron chi connectivity index (χ4n) is 6.36. The van der Waals surface area contributed by atoms with Crippen molar-refractivity contribution in [1.82, 2.24) is 29.1 Å². The van der Waals surface area contributed by atoms with Crippen LogP contribution in [0.15, 0.2) is 83.0 Å². The Morgan fingerprint density at radius 1 is 0.915 bits per heavy atom. The number of phenolic OH excluding ortho intramolecular Hbond substituents is 1. The molecule has 3 aromatic heterocycles. The van der Waals surface area contributed by atoms with Crippen molar-refractivity contribution in [1.29, 1.82) is 0 Å². The van der Waals surface area contributed by atoms with Gasteiger partial charge in [-0.3, -0.25) is 37.0 Å². The SMILES string of the molecule is Nc1ncnc2c1ncn2[C@@H]1O[C@@H]2CO[P@@](=O)(SCc3ccc(OC(=O)c4ccc(O)cc4)cc3)OC3[C@@H](F)[C@H](n4ccc(=O)[nH]c4=O)O[C@@H]3COP(=O)(O)O[C@@H]1[C@@H]2F. The molecule has 26 heteroatoms. The quantitative estimate of drug-likeness (QED) is 0.104. The van der Waals surface area contributed by atoms with Gasteiger partial charge in [0.1, 0.15) is 47.8 Å². The van der Waals surface area contributed by atoms with Crippen molar-refractivity contribution in [2.45, 2.75) is 55.0 Å². The van der Waals surface area contributed by atoms with Gasteiger partial charge in [0.2, 0.25) is 0 Å². The summed E-state index contributed by atoms with van der Waals surface area (Å²) < 4.78 is 102. The van der Waals surface area contributed by atoms with Crippen LogP contribution >= 0.6 is 26.0 Å². The van der Waals surface area contributed by atoms with Crippen molar-refractivity contribution in [2.75, 3.05) is 18.9 Å². The number of aromatic hydroxyl groups is 1. The number of nitrogens with zero attached hydrogens (tertiary/aromatic N) is 5. The number of carbonyl (C=O) groups is 1. The van der Waals surface area contributed by atoms with Gasteiger partial charge in [-0.15, -0.1) is 0 Å². The number of anilines is 1. The predicted octanol–water partition coefficient (Wildman–Crippen LogP) is 3.31. The first-order valence-electron chi connectivity index (χ1n) is 17.3. The zero-order valence-electron chi connectivity index (χ0n) is 29.8. The summed E-state index contributed by atoms with van der Waals surface area (Å²) in [4.78, 5) is 61.8. The third-order valence-corrected chi connectivity index (χ3v) is 13.9. The molecule has 3 aliphatic rings. The van der Waals surface area contributed by atoms with Gasteiger partial charge >= 0.3 is 26.3 Å². The van der Waals surface area contributed by atoms with Crippen LogP contribution in [0.25, 0.3) is 11.2 Å². The largest absolute Gasteiger partial charge is 0.508 e. The van der Waals surface area contributed by atoms with Crippen LogP contribution in [0.4, 0.5) is 14.6 Å². The predicted molar refractivity (Wildman–Crippen MR) is 199 cm³/mol. The second-order valence-electron chi connectivity index (χ2n) is 13.1. The summed E-state index contributed by atoms with van der Waals surface area (Å²) in [6, 6.07) is 12.3. The van der Waals surface area contributed by atoms with Crippen molar-refractivity contribution in [3.8, 4) is 11.5 Å². The van der Waals surface area contributed by atoms with Crippen LogP contribution in [0, 0.1) is 0 Å². The molecule has 5 N–H and O–H groups in total. The number of phosphoric ester groups is 1. The zero-order chi connectivity index (χ0) is 41.6. The van der Waals surface area contributed by atoms with E-state index < -0.39 is 94.3 Å². The number of benzene rings is 2. The molecule has 3 saturated heterocycles. The summed E-state index contributed by atoms with van der Waals surface area (Å²) in [6.45, 7) is -6.50. The van der Waals surface area contributed by atoms with E-state index in [0.29, 0.717) is 21.5 Å². The lowest BCUT2D eigenvalue weighted by Crippen LogP contribution is -2.36. The Balaban J connectivity index is 1.08. The van der Waals surface area contributed by atoms with Crippen molar-refractivity contribution in [3.05, 3.63) is 105 Å². The van der Waals surface area contributed by atoms with Gasteiger partial charge in [-0.05, 0) is 53.3 Å². The minimum atomic E-state index is -5.28. The van der Waals surface area contributed by atoms with Gasteiger partial charge in [-0.1, -0.05) is 12.1 Å². The summed E-state index contributed by atoms with van der Waals surface area (Å²) >= 11 is 0.550. The second-order valence-corrected chi connectivity index (χ2v) is 18.6. The van der Waals surface area contributed by atoms with E-state index in [1.165, 1.54) is 59.4 Å². The number of hydrogen-bond acceptors (Lipinski definition) is 18. The minimum Gasteiger partial charge on any atom is -0.508 e. The summed E-state index contributed by atoms with van der Waals surface area (Å²) in [5.74, 6) is -0.767. The Labute approximate surface area is 333 Å².